The van der Waals surface area contributed by atoms with Crippen LogP contribution < -0.4 is 4.43 Å². The number of hydrogen-bond donors (Lipinski definition) is 0. The van der Waals surface area contributed by atoms with Gasteiger partial charge in [0.1, 0.15) is 0 Å². The first-order valence-electron chi connectivity index (χ1n) is 7.14. The molecule has 110 valence electrons. The van der Waals surface area contributed by atoms with E-state index in [1.54, 1.807) is 12.1 Å². The van der Waals surface area contributed by atoms with Gasteiger partial charge in [0.15, 0.2) is 17.9 Å². The molecule has 0 spiro atoms. The molecule has 1 fully saturated rings. The molecule has 0 saturated heterocycles. The van der Waals surface area contributed by atoms with Gasteiger partial charge in [-0.2, -0.15) is 0 Å². The normalized spacial score (nSPS) is 16.1. The van der Waals surface area contributed by atoms with Crippen molar-refractivity contribution < 1.29 is 13.6 Å². The molecule has 0 unspecified atom stereocenters. The Bertz CT molecular complexity index is 528. The van der Waals surface area contributed by atoms with Crippen molar-refractivity contribution in [3.8, 4) is 5.75 Å². The van der Waals surface area contributed by atoms with Crippen molar-refractivity contribution in [2.24, 2.45) is 0 Å². The molecule has 2 nitrogen and oxygen atoms in total. The number of benzene rings is 1. The summed E-state index contributed by atoms with van der Waals surface area (Å²) >= 11 is 0. The predicted octanol–water partition coefficient (Wildman–Crippen LogP) is 4.90. The van der Waals surface area contributed by atoms with E-state index in [0.717, 1.165) is 12.8 Å². The highest BCUT2D eigenvalue weighted by molar-refractivity contribution is 6.74. The van der Waals surface area contributed by atoms with E-state index < -0.39 is 8.32 Å². The van der Waals surface area contributed by atoms with Crippen LogP contribution in [-0.4, -0.2) is 14.6 Å². The molecule has 0 amide bonds. The molecule has 0 aliphatic heterocycles. The van der Waals surface area contributed by atoms with Gasteiger partial charge in [-0.05, 0) is 48.5 Å². The van der Waals surface area contributed by atoms with Gasteiger partial charge in [0.25, 0.3) is 8.32 Å². The fourth-order valence-electron chi connectivity index (χ4n) is 1.90. The highest BCUT2D eigenvalue weighted by Gasteiger charge is 2.40. The Kier molecular flexibility index (Phi) is 3.80. The molecule has 0 radical (unpaired) electrons. The zero-order valence-electron chi connectivity index (χ0n) is 12.9. The van der Waals surface area contributed by atoms with Crippen LogP contribution in [0.1, 0.15) is 55.5 Å². The molecular weight excluding hydrogens is 271 g/mol. The summed E-state index contributed by atoms with van der Waals surface area (Å²) in [4.78, 5) is 11.2. The maximum absolute atomic E-state index is 14.7. The van der Waals surface area contributed by atoms with Crippen LogP contribution in [0.5, 0.6) is 5.75 Å². The van der Waals surface area contributed by atoms with Crippen molar-refractivity contribution in [3.05, 3.63) is 29.1 Å². The van der Waals surface area contributed by atoms with E-state index in [2.05, 4.69) is 33.9 Å². The quantitative estimate of drug-likeness (QED) is 0.583. The van der Waals surface area contributed by atoms with Crippen molar-refractivity contribution in [2.75, 3.05) is 0 Å². The largest absolute Gasteiger partial charge is 0.541 e. The minimum Gasteiger partial charge on any atom is -0.541 e. The summed E-state index contributed by atoms with van der Waals surface area (Å²) in [5, 5.41) is -0.0326. The molecule has 2 rings (SSSR count). The Labute approximate surface area is 121 Å². The summed E-state index contributed by atoms with van der Waals surface area (Å²) in [6.45, 7) is 10.4. The van der Waals surface area contributed by atoms with Crippen molar-refractivity contribution in [1.29, 1.82) is 0 Å². The second kappa shape index (κ2) is 4.99. The van der Waals surface area contributed by atoms with Gasteiger partial charge in [-0.3, -0.25) is 4.79 Å². The number of hydrogen-bond acceptors (Lipinski definition) is 2. The molecule has 0 aromatic heterocycles. The molecule has 1 aliphatic carbocycles. The van der Waals surface area contributed by atoms with Crippen molar-refractivity contribution in [1.82, 2.24) is 0 Å². The molecule has 0 atom stereocenters. The minimum atomic E-state index is -2.16. The highest BCUT2D eigenvalue weighted by Crippen LogP contribution is 2.45. The van der Waals surface area contributed by atoms with Crippen LogP contribution in [0.2, 0.25) is 18.1 Å². The van der Waals surface area contributed by atoms with Crippen LogP contribution >= 0.6 is 0 Å². The maximum atomic E-state index is 14.7. The number of rotatable bonds is 4. The number of carbonyl (C=O) groups is 1. The summed E-state index contributed by atoms with van der Waals surface area (Å²) in [6, 6.07) is 3.42. The van der Waals surface area contributed by atoms with Crippen LogP contribution in [0.4, 0.5) is 4.39 Å². The fraction of sp³-hybridized carbons (Fsp3) is 0.562. The molecule has 1 aromatic rings. The zero-order valence-corrected chi connectivity index (χ0v) is 13.9. The lowest BCUT2D eigenvalue weighted by atomic mass is 10.1. The van der Waals surface area contributed by atoms with Gasteiger partial charge >= 0.3 is 0 Å². The first-order valence-corrected chi connectivity index (χ1v) is 10.0. The van der Waals surface area contributed by atoms with E-state index in [4.69, 9.17) is 4.43 Å². The van der Waals surface area contributed by atoms with Crippen LogP contribution in [0.15, 0.2) is 12.1 Å². The van der Waals surface area contributed by atoms with Crippen molar-refractivity contribution >= 4 is 14.6 Å². The first kappa shape index (κ1) is 15.2. The molecule has 0 N–H and O–H groups in total. The standard InChI is InChI=1S/C16H23FO2Si/c1-16(2,3)20(4,5)19-15-12(10-18)8-9-13(14(15)17)11-6-7-11/h8-11H,6-7H2,1-5H3. The lowest BCUT2D eigenvalue weighted by molar-refractivity contribution is 0.112. The Morgan fingerprint density at radius 3 is 2.35 bits per heavy atom. The molecule has 1 saturated carbocycles. The lowest BCUT2D eigenvalue weighted by Crippen LogP contribution is -2.44. The predicted molar refractivity (Wildman–Crippen MR) is 81.6 cm³/mol. The number of halogens is 1. The second-order valence-corrected chi connectivity index (χ2v) is 11.9. The lowest BCUT2D eigenvalue weighted by Gasteiger charge is -2.37. The van der Waals surface area contributed by atoms with Gasteiger partial charge in [0.05, 0.1) is 5.56 Å². The van der Waals surface area contributed by atoms with Crippen molar-refractivity contribution in [2.45, 2.75) is 57.7 Å². The second-order valence-electron chi connectivity index (χ2n) is 7.14. The van der Waals surface area contributed by atoms with Gasteiger partial charge in [-0.15, -0.1) is 0 Å². The molecule has 1 aliphatic rings. The first-order chi connectivity index (χ1) is 9.17. The molecular formula is C16H23FO2Si. The van der Waals surface area contributed by atoms with E-state index in [1.165, 1.54) is 0 Å². The van der Waals surface area contributed by atoms with E-state index in [1.807, 2.05) is 0 Å². The fourth-order valence-corrected chi connectivity index (χ4v) is 2.92. The molecule has 20 heavy (non-hydrogen) atoms. The van der Waals surface area contributed by atoms with Crippen LogP contribution in [0.3, 0.4) is 0 Å². The molecule has 4 heteroatoms. The van der Waals surface area contributed by atoms with Gasteiger partial charge in [-0.1, -0.05) is 26.8 Å². The van der Waals surface area contributed by atoms with Crippen LogP contribution in [0.25, 0.3) is 0 Å². The number of aldehydes is 1. The third-order valence-corrected chi connectivity index (χ3v) is 8.79. The molecule has 1 aromatic carbocycles. The average Bonchev–Trinajstić information content (AvgIpc) is 3.14. The number of carbonyl (C=O) groups excluding carboxylic acids is 1. The summed E-state index contributed by atoms with van der Waals surface area (Å²) in [7, 11) is -2.16. The van der Waals surface area contributed by atoms with E-state index in [-0.39, 0.29) is 16.6 Å². The Balaban J connectivity index is 2.44. The van der Waals surface area contributed by atoms with Crippen LogP contribution in [0, 0.1) is 5.82 Å². The summed E-state index contributed by atoms with van der Waals surface area (Å²) in [5.41, 5.74) is 1.01. The zero-order chi connectivity index (χ0) is 15.1. The van der Waals surface area contributed by atoms with E-state index >= 15 is 0 Å². The SMILES string of the molecule is CC(C)(C)[Si](C)(C)Oc1c(C=O)ccc(C2CC2)c1F. The highest BCUT2D eigenvalue weighted by atomic mass is 28.4. The molecule has 0 bridgehead atoms. The maximum Gasteiger partial charge on any atom is 0.250 e. The summed E-state index contributed by atoms with van der Waals surface area (Å²) in [5.74, 6) is 0.135. The van der Waals surface area contributed by atoms with Crippen molar-refractivity contribution in [3.63, 3.8) is 0 Å². The monoisotopic (exact) mass is 294 g/mol. The summed E-state index contributed by atoms with van der Waals surface area (Å²) in [6.07, 6.45) is 2.73. The van der Waals surface area contributed by atoms with Gasteiger partial charge in [0.2, 0.25) is 0 Å². The van der Waals surface area contributed by atoms with Gasteiger partial charge < -0.3 is 4.43 Å². The van der Waals surface area contributed by atoms with Crippen LogP contribution in [-0.2, 0) is 0 Å². The third-order valence-electron chi connectivity index (χ3n) is 4.46. The Morgan fingerprint density at radius 1 is 1.30 bits per heavy atom. The van der Waals surface area contributed by atoms with E-state index in [0.29, 0.717) is 23.3 Å². The molecule has 0 heterocycles. The summed E-state index contributed by atoms with van der Waals surface area (Å²) < 4.78 is 20.7. The minimum absolute atomic E-state index is 0.0326. The Hall–Kier alpha value is -1.16. The smallest absolute Gasteiger partial charge is 0.250 e. The van der Waals surface area contributed by atoms with Gasteiger partial charge in [0, 0.05) is 0 Å². The average molecular weight is 294 g/mol. The Morgan fingerprint density at radius 2 is 1.90 bits per heavy atom. The van der Waals surface area contributed by atoms with Gasteiger partial charge in [-0.25, -0.2) is 4.39 Å². The third kappa shape index (κ3) is 2.80. The van der Waals surface area contributed by atoms with E-state index in [9.17, 15) is 9.18 Å². The topological polar surface area (TPSA) is 26.3 Å².